The topological polar surface area (TPSA) is 12.0 Å². The summed E-state index contributed by atoms with van der Waals surface area (Å²) >= 11 is 0. The third kappa shape index (κ3) is 8.23. The van der Waals surface area contributed by atoms with Crippen LogP contribution >= 0.6 is 0 Å². The SMILES string of the molecule is C=C/C(=C\C=C/C)CCC(=C)CC(=C)Nc1ccc(Cc2ccc(C)cc2)cc1. The third-order valence-electron chi connectivity index (χ3n) is 4.80. The molecule has 150 valence electrons. The number of rotatable bonds is 11. The van der Waals surface area contributed by atoms with Gasteiger partial charge in [0.05, 0.1) is 0 Å². The molecule has 0 aliphatic carbocycles. The molecule has 0 atom stereocenters. The molecule has 1 N–H and O–H groups in total. The molecule has 0 bridgehead atoms. The van der Waals surface area contributed by atoms with E-state index < -0.39 is 0 Å². The fraction of sp³-hybridized carbons (Fsp3) is 0.214. The Labute approximate surface area is 176 Å². The van der Waals surface area contributed by atoms with E-state index in [1.54, 1.807) is 0 Å². The van der Waals surface area contributed by atoms with Gasteiger partial charge in [-0.1, -0.05) is 91.6 Å². The van der Waals surface area contributed by atoms with Crippen LogP contribution < -0.4 is 5.32 Å². The molecular formula is C28H33N. The van der Waals surface area contributed by atoms with Crippen LogP contribution in [0.2, 0.25) is 0 Å². The van der Waals surface area contributed by atoms with Crippen molar-refractivity contribution in [2.24, 2.45) is 0 Å². The molecule has 2 aromatic rings. The summed E-state index contributed by atoms with van der Waals surface area (Å²) in [7, 11) is 0. The van der Waals surface area contributed by atoms with Gasteiger partial charge in [0.15, 0.2) is 0 Å². The van der Waals surface area contributed by atoms with Crippen molar-refractivity contribution >= 4 is 5.69 Å². The first-order valence-electron chi connectivity index (χ1n) is 10.2. The highest BCUT2D eigenvalue weighted by atomic mass is 14.9. The second-order valence-corrected chi connectivity index (χ2v) is 7.49. The van der Waals surface area contributed by atoms with E-state index in [9.17, 15) is 0 Å². The number of hydrogen-bond acceptors (Lipinski definition) is 1. The van der Waals surface area contributed by atoms with Gasteiger partial charge in [0.25, 0.3) is 0 Å². The Morgan fingerprint density at radius 3 is 2.14 bits per heavy atom. The van der Waals surface area contributed by atoms with Crippen LogP contribution in [0.15, 0.2) is 109 Å². The van der Waals surface area contributed by atoms with E-state index in [1.807, 2.05) is 25.2 Å². The Balaban J connectivity index is 1.81. The molecule has 0 radical (unpaired) electrons. The van der Waals surface area contributed by atoms with E-state index in [0.717, 1.165) is 37.1 Å². The third-order valence-corrected chi connectivity index (χ3v) is 4.80. The molecule has 0 aliphatic heterocycles. The Bertz CT molecular complexity index is 877. The molecule has 2 rings (SSSR count). The van der Waals surface area contributed by atoms with E-state index >= 15 is 0 Å². The summed E-state index contributed by atoms with van der Waals surface area (Å²) in [5.41, 5.74) is 8.37. The number of allylic oxidation sites excluding steroid dienone is 6. The average Bonchev–Trinajstić information content (AvgIpc) is 2.71. The summed E-state index contributed by atoms with van der Waals surface area (Å²) in [6.07, 6.45) is 11.7. The Morgan fingerprint density at radius 1 is 0.931 bits per heavy atom. The Hall–Kier alpha value is -3.06. The molecular weight excluding hydrogens is 350 g/mol. The highest BCUT2D eigenvalue weighted by molar-refractivity contribution is 5.50. The van der Waals surface area contributed by atoms with Crippen LogP contribution in [0, 0.1) is 6.92 Å². The Kier molecular flexibility index (Phi) is 8.98. The smallest absolute Gasteiger partial charge is 0.0381 e. The van der Waals surface area contributed by atoms with Gasteiger partial charge in [0, 0.05) is 17.8 Å². The number of nitrogens with one attached hydrogen (secondary N) is 1. The van der Waals surface area contributed by atoms with E-state index in [1.165, 1.54) is 27.8 Å². The summed E-state index contributed by atoms with van der Waals surface area (Å²) in [6, 6.07) is 17.3. The maximum Gasteiger partial charge on any atom is 0.0381 e. The van der Waals surface area contributed by atoms with Gasteiger partial charge in [-0.2, -0.15) is 0 Å². The van der Waals surface area contributed by atoms with Crippen LogP contribution in [-0.2, 0) is 6.42 Å². The number of benzene rings is 2. The van der Waals surface area contributed by atoms with Crippen LogP contribution in [0.3, 0.4) is 0 Å². The van der Waals surface area contributed by atoms with Crippen LogP contribution in [0.25, 0.3) is 0 Å². The minimum Gasteiger partial charge on any atom is -0.359 e. The lowest BCUT2D eigenvalue weighted by Gasteiger charge is -2.12. The van der Waals surface area contributed by atoms with Crippen molar-refractivity contribution in [3.63, 3.8) is 0 Å². The first kappa shape index (κ1) is 22.2. The lowest BCUT2D eigenvalue weighted by Crippen LogP contribution is -2.00. The minimum atomic E-state index is 0.777. The van der Waals surface area contributed by atoms with Gasteiger partial charge in [0.1, 0.15) is 0 Å². The fourth-order valence-corrected chi connectivity index (χ4v) is 3.08. The molecule has 0 unspecified atom stereocenters. The quantitative estimate of drug-likeness (QED) is 0.307. The van der Waals surface area contributed by atoms with Crippen LogP contribution in [0.5, 0.6) is 0 Å². The molecule has 2 aromatic carbocycles. The van der Waals surface area contributed by atoms with E-state index in [4.69, 9.17) is 0 Å². The number of anilines is 1. The van der Waals surface area contributed by atoms with Gasteiger partial charge in [-0.15, -0.1) is 0 Å². The van der Waals surface area contributed by atoms with Crippen molar-refractivity contribution in [3.8, 4) is 0 Å². The Morgan fingerprint density at radius 2 is 1.55 bits per heavy atom. The summed E-state index contributed by atoms with van der Waals surface area (Å²) in [4.78, 5) is 0. The lowest BCUT2D eigenvalue weighted by atomic mass is 10.0. The monoisotopic (exact) mass is 383 g/mol. The molecule has 1 heteroatoms. The van der Waals surface area contributed by atoms with E-state index in [2.05, 4.69) is 86.6 Å². The van der Waals surface area contributed by atoms with Crippen molar-refractivity contribution < 1.29 is 0 Å². The van der Waals surface area contributed by atoms with Crippen LogP contribution in [-0.4, -0.2) is 0 Å². The highest BCUT2D eigenvalue weighted by Crippen LogP contribution is 2.20. The molecule has 0 heterocycles. The van der Waals surface area contributed by atoms with Crippen molar-refractivity contribution in [3.05, 3.63) is 126 Å². The predicted octanol–water partition coefficient (Wildman–Crippen LogP) is 7.93. The zero-order valence-corrected chi connectivity index (χ0v) is 17.9. The van der Waals surface area contributed by atoms with Gasteiger partial charge < -0.3 is 5.32 Å². The molecule has 29 heavy (non-hydrogen) atoms. The molecule has 0 aromatic heterocycles. The molecule has 0 aliphatic rings. The number of aryl methyl sites for hydroxylation is 1. The zero-order valence-electron chi connectivity index (χ0n) is 17.9. The first-order chi connectivity index (χ1) is 14.0. The normalized spacial score (nSPS) is 11.4. The standard InChI is InChI=1S/C28H33N/c1-6-8-9-25(7-2)13-12-23(4)20-24(5)29-28-18-16-27(17-19-28)21-26-14-10-22(3)11-15-26/h6-11,14-19,29H,2,4-5,12-13,20-21H2,1,3H3/b8-6-,25-9+. The molecule has 0 fully saturated rings. The largest absolute Gasteiger partial charge is 0.359 e. The van der Waals surface area contributed by atoms with E-state index in [-0.39, 0.29) is 0 Å². The second-order valence-electron chi connectivity index (χ2n) is 7.49. The lowest BCUT2D eigenvalue weighted by molar-refractivity contribution is 0.905. The first-order valence-corrected chi connectivity index (χ1v) is 10.2. The summed E-state index contributed by atoms with van der Waals surface area (Å²) in [5.74, 6) is 0. The molecule has 1 nitrogen and oxygen atoms in total. The van der Waals surface area contributed by atoms with Crippen molar-refractivity contribution in [1.29, 1.82) is 0 Å². The summed E-state index contributed by atoms with van der Waals surface area (Å²) in [6.45, 7) is 16.4. The predicted molar refractivity (Wildman–Crippen MR) is 129 cm³/mol. The van der Waals surface area contributed by atoms with E-state index in [0.29, 0.717) is 0 Å². The average molecular weight is 384 g/mol. The maximum absolute atomic E-state index is 4.21. The molecule has 0 spiro atoms. The second kappa shape index (κ2) is 11.7. The highest BCUT2D eigenvalue weighted by Gasteiger charge is 2.02. The fourth-order valence-electron chi connectivity index (χ4n) is 3.08. The zero-order chi connectivity index (χ0) is 21.1. The van der Waals surface area contributed by atoms with Gasteiger partial charge in [-0.3, -0.25) is 0 Å². The summed E-state index contributed by atoms with van der Waals surface area (Å²) in [5, 5.41) is 3.41. The van der Waals surface area contributed by atoms with Gasteiger partial charge in [-0.25, -0.2) is 0 Å². The number of hydrogen-bond donors (Lipinski definition) is 1. The minimum absolute atomic E-state index is 0.777. The maximum atomic E-state index is 4.21. The molecule has 0 saturated heterocycles. The summed E-state index contributed by atoms with van der Waals surface area (Å²) < 4.78 is 0. The van der Waals surface area contributed by atoms with Crippen molar-refractivity contribution in [2.45, 2.75) is 39.5 Å². The van der Waals surface area contributed by atoms with Crippen LogP contribution in [0.4, 0.5) is 5.69 Å². The molecule has 0 amide bonds. The van der Waals surface area contributed by atoms with Crippen molar-refractivity contribution in [1.82, 2.24) is 0 Å². The van der Waals surface area contributed by atoms with Gasteiger partial charge in [0.2, 0.25) is 0 Å². The molecule has 0 saturated carbocycles. The van der Waals surface area contributed by atoms with Crippen LogP contribution in [0.1, 0.15) is 42.9 Å². The van der Waals surface area contributed by atoms with Gasteiger partial charge >= 0.3 is 0 Å². The van der Waals surface area contributed by atoms with Gasteiger partial charge in [-0.05, 0) is 61.9 Å². The van der Waals surface area contributed by atoms with Crippen molar-refractivity contribution in [2.75, 3.05) is 5.32 Å².